The van der Waals surface area contributed by atoms with Crippen LogP contribution < -0.4 is 16.0 Å². The van der Waals surface area contributed by atoms with Crippen molar-refractivity contribution in [3.05, 3.63) is 0 Å². The van der Waals surface area contributed by atoms with Gasteiger partial charge in [0.1, 0.15) is 6.54 Å². The molecule has 3 N–H and O–H groups in total. The summed E-state index contributed by atoms with van der Waals surface area (Å²) in [5.41, 5.74) is 0. The van der Waals surface area contributed by atoms with E-state index in [2.05, 4.69) is 39.7 Å². The first-order valence-electron chi connectivity index (χ1n) is 9.66. The lowest BCUT2D eigenvalue weighted by atomic mass is 10.0. The largest absolute Gasteiger partial charge is 0.383 e. The molecule has 1 aliphatic heterocycles. The van der Waals surface area contributed by atoms with Gasteiger partial charge in [-0.3, -0.25) is 9.69 Å². The van der Waals surface area contributed by atoms with Gasteiger partial charge in [-0.1, -0.05) is 13.8 Å². The quantitative estimate of drug-likeness (QED) is 0.168. The first-order valence-corrected chi connectivity index (χ1v) is 9.66. The Morgan fingerprint density at radius 2 is 1.93 bits per heavy atom. The predicted molar refractivity (Wildman–Crippen MR) is 120 cm³/mol. The maximum absolute atomic E-state index is 11.8. The van der Waals surface area contributed by atoms with E-state index in [1.807, 2.05) is 6.92 Å². The van der Waals surface area contributed by atoms with E-state index in [1.165, 1.54) is 0 Å². The van der Waals surface area contributed by atoms with Crippen molar-refractivity contribution in [3.8, 4) is 0 Å². The number of amides is 1. The first-order chi connectivity index (χ1) is 12.6. The van der Waals surface area contributed by atoms with Crippen LogP contribution in [-0.4, -0.2) is 89.0 Å². The third-order valence-corrected chi connectivity index (χ3v) is 4.16. The van der Waals surface area contributed by atoms with Gasteiger partial charge < -0.3 is 25.4 Å². The minimum Gasteiger partial charge on any atom is -0.383 e. The Morgan fingerprint density at radius 3 is 2.52 bits per heavy atom. The average Bonchev–Trinajstić information content (AvgIpc) is 2.63. The molecule has 160 valence electrons. The lowest BCUT2D eigenvalue weighted by molar-refractivity contribution is -0.119. The molecule has 1 aliphatic rings. The van der Waals surface area contributed by atoms with Crippen LogP contribution in [0.4, 0.5) is 0 Å². The average molecular weight is 499 g/mol. The fourth-order valence-electron chi connectivity index (χ4n) is 2.90. The number of rotatable bonds is 11. The smallest absolute Gasteiger partial charge is 0.241 e. The van der Waals surface area contributed by atoms with E-state index in [9.17, 15) is 4.79 Å². The molecule has 0 aromatic rings. The van der Waals surface area contributed by atoms with Crippen molar-refractivity contribution in [2.75, 3.05) is 66.2 Å². The van der Waals surface area contributed by atoms with E-state index < -0.39 is 0 Å². The molecule has 0 aromatic carbocycles. The summed E-state index contributed by atoms with van der Waals surface area (Å²) in [6.07, 6.45) is 1.11. The van der Waals surface area contributed by atoms with Gasteiger partial charge in [0.15, 0.2) is 5.96 Å². The van der Waals surface area contributed by atoms with Crippen LogP contribution in [0.3, 0.4) is 0 Å². The van der Waals surface area contributed by atoms with Crippen molar-refractivity contribution in [2.45, 2.75) is 33.2 Å². The number of carbonyl (C=O) groups excluding carboxylic acids is 1. The summed E-state index contributed by atoms with van der Waals surface area (Å²) < 4.78 is 10.4. The monoisotopic (exact) mass is 499 g/mol. The lowest BCUT2D eigenvalue weighted by Gasteiger charge is -2.35. The van der Waals surface area contributed by atoms with Crippen LogP contribution in [0.5, 0.6) is 0 Å². The van der Waals surface area contributed by atoms with Crippen LogP contribution in [0.2, 0.25) is 0 Å². The lowest BCUT2D eigenvalue weighted by Crippen LogP contribution is -2.51. The second kappa shape index (κ2) is 16.3. The van der Waals surface area contributed by atoms with Gasteiger partial charge in [-0.05, 0) is 19.3 Å². The van der Waals surface area contributed by atoms with Crippen molar-refractivity contribution in [3.63, 3.8) is 0 Å². The Kier molecular flexibility index (Phi) is 15.9. The number of guanidine groups is 1. The molecule has 1 amide bonds. The zero-order valence-corrected chi connectivity index (χ0v) is 19.6. The van der Waals surface area contributed by atoms with Crippen LogP contribution >= 0.6 is 24.0 Å². The first kappa shape index (κ1) is 26.4. The van der Waals surface area contributed by atoms with Crippen molar-refractivity contribution < 1.29 is 14.3 Å². The molecule has 0 aromatic heterocycles. The Hall–Kier alpha value is -0.650. The van der Waals surface area contributed by atoms with Crippen LogP contribution in [0.1, 0.15) is 27.2 Å². The molecular weight excluding hydrogens is 461 g/mol. The summed E-state index contributed by atoms with van der Waals surface area (Å²) in [5, 5.41) is 9.38. The number of nitrogens with zero attached hydrogens (tertiary/aromatic N) is 2. The van der Waals surface area contributed by atoms with Gasteiger partial charge in [-0.25, -0.2) is 4.99 Å². The number of ether oxygens (including phenoxy) is 2. The standard InChI is InChI=1S/C18H37N5O3.HI/c1-5-19-18(22-14-17(24)20-6-9-25-4)21-13-16(12-15(2)3)23-7-10-26-11-8-23;/h15-16H,5-14H2,1-4H3,(H,20,24)(H2,19,21,22);1H. The minimum atomic E-state index is -0.105. The summed E-state index contributed by atoms with van der Waals surface area (Å²) in [4.78, 5) is 18.7. The van der Waals surface area contributed by atoms with Crippen LogP contribution in [0.25, 0.3) is 0 Å². The molecule has 0 bridgehead atoms. The number of morpholine rings is 1. The van der Waals surface area contributed by atoms with Crippen molar-refractivity contribution >= 4 is 35.8 Å². The molecule has 0 saturated carbocycles. The predicted octanol–water partition coefficient (Wildman–Crippen LogP) is 0.669. The van der Waals surface area contributed by atoms with Crippen LogP contribution in [0.15, 0.2) is 4.99 Å². The highest BCUT2D eigenvalue weighted by molar-refractivity contribution is 14.0. The molecule has 1 fully saturated rings. The highest BCUT2D eigenvalue weighted by atomic mass is 127. The molecular formula is C18H38IN5O3. The normalized spacial score (nSPS) is 16.6. The van der Waals surface area contributed by atoms with Gasteiger partial charge >= 0.3 is 0 Å². The van der Waals surface area contributed by atoms with Gasteiger partial charge in [0.25, 0.3) is 0 Å². The number of hydrogen-bond donors (Lipinski definition) is 3. The van der Waals surface area contributed by atoms with E-state index in [4.69, 9.17) is 9.47 Å². The zero-order valence-electron chi connectivity index (χ0n) is 17.3. The van der Waals surface area contributed by atoms with E-state index in [0.717, 1.165) is 45.8 Å². The van der Waals surface area contributed by atoms with E-state index in [-0.39, 0.29) is 36.4 Å². The molecule has 8 nitrogen and oxygen atoms in total. The van der Waals surface area contributed by atoms with Crippen LogP contribution in [-0.2, 0) is 14.3 Å². The third-order valence-electron chi connectivity index (χ3n) is 4.16. The van der Waals surface area contributed by atoms with E-state index >= 15 is 0 Å². The highest BCUT2D eigenvalue weighted by Crippen LogP contribution is 2.12. The Balaban J connectivity index is 0.00000676. The number of hydrogen-bond acceptors (Lipinski definition) is 5. The van der Waals surface area contributed by atoms with Gasteiger partial charge in [-0.2, -0.15) is 0 Å². The number of aliphatic imine (C=N–C) groups is 1. The molecule has 1 saturated heterocycles. The second-order valence-corrected chi connectivity index (χ2v) is 6.85. The van der Waals surface area contributed by atoms with Gasteiger partial charge in [0, 0.05) is 45.9 Å². The molecule has 0 aliphatic carbocycles. The minimum absolute atomic E-state index is 0. The summed E-state index contributed by atoms with van der Waals surface area (Å²) in [6.45, 7) is 12.7. The van der Waals surface area contributed by atoms with E-state index in [1.54, 1.807) is 7.11 Å². The topological polar surface area (TPSA) is 87.2 Å². The number of methoxy groups -OCH3 is 1. The summed E-state index contributed by atoms with van der Waals surface area (Å²) in [7, 11) is 1.61. The summed E-state index contributed by atoms with van der Waals surface area (Å²) in [5.74, 6) is 1.19. The number of carbonyl (C=O) groups is 1. The fraction of sp³-hybridized carbons (Fsp3) is 0.889. The maximum Gasteiger partial charge on any atom is 0.241 e. The molecule has 0 spiro atoms. The number of halogens is 1. The fourth-order valence-corrected chi connectivity index (χ4v) is 2.90. The van der Waals surface area contributed by atoms with Gasteiger partial charge in [-0.15, -0.1) is 24.0 Å². The molecule has 1 heterocycles. The Labute approximate surface area is 181 Å². The molecule has 1 unspecified atom stereocenters. The zero-order chi connectivity index (χ0) is 19.2. The summed E-state index contributed by atoms with van der Waals surface area (Å²) >= 11 is 0. The molecule has 1 atom stereocenters. The van der Waals surface area contributed by atoms with E-state index in [0.29, 0.717) is 31.1 Å². The Bertz CT molecular complexity index is 418. The van der Waals surface area contributed by atoms with Crippen molar-refractivity contribution in [1.29, 1.82) is 0 Å². The molecule has 1 rings (SSSR count). The molecule has 0 radical (unpaired) electrons. The second-order valence-electron chi connectivity index (χ2n) is 6.85. The van der Waals surface area contributed by atoms with Crippen molar-refractivity contribution in [1.82, 2.24) is 20.9 Å². The Morgan fingerprint density at radius 1 is 1.22 bits per heavy atom. The number of nitrogens with one attached hydrogen (secondary N) is 3. The molecule has 9 heteroatoms. The molecule has 27 heavy (non-hydrogen) atoms. The van der Waals surface area contributed by atoms with Crippen molar-refractivity contribution in [2.24, 2.45) is 10.9 Å². The van der Waals surface area contributed by atoms with Gasteiger partial charge in [0.2, 0.25) is 5.91 Å². The summed E-state index contributed by atoms with van der Waals surface area (Å²) in [6, 6.07) is 0.429. The maximum atomic E-state index is 11.8. The van der Waals surface area contributed by atoms with Crippen LogP contribution in [0, 0.1) is 5.92 Å². The third kappa shape index (κ3) is 12.4. The highest BCUT2D eigenvalue weighted by Gasteiger charge is 2.22. The van der Waals surface area contributed by atoms with Gasteiger partial charge in [0.05, 0.1) is 19.8 Å². The SMILES string of the molecule is CCNC(=NCC(=O)NCCOC)NCC(CC(C)C)N1CCOCC1.I.